The van der Waals surface area contributed by atoms with Crippen molar-refractivity contribution in [3.8, 4) is 11.8 Å². The molecule has 1 aliphatic carbocycles. The molecular formula is C16H20N2O3S. The van der Waals surface area contributed by atoms with Crippen LogP contribution in [-0.4, -0.2) is 25.3 Å². The lowest BCUT2D eigenvalue weighted by molar-refractivity contribution is 0.137. The normalized spacial score (nSPS) is 23.7. The summed E-state index contributed by atoms with van der Waals surface area (Å²) >= 11 is 0. The lowest BCUT2D eigenvalue weighted by Crippen LogP contribution is -2.33. The lowest BCUT2D eigenvalue weighted by Gasteiger charge is -2.25. The van der Waals surface area contributed by atoms with Gasteiger partial charge in [-0.25, -0.2) is 4.83 Å². The highest BCUT2D eigenvalue weighted by Crippen LogP contribution is 2.22. The van der Waals surface area contributed by atoms with E-state index >= 15 is 0 Å². The van der Waals surface area contributed by atoms with Crippen LogP contribution in [0, 0.1) is 24.7 Å². The summed E-state index contributed by atoms with van der Waals surface area (Å²) < 4.78 is 24.4. The van der Waals surface area contributed by atoms with Crippen LogP contribution in [0.2, 0.25) is 0 Å². The average molecular weight is 320 g/mol. The Labute approximate surface area is 131 Å². The zero-order valence-corrected chi connectivity index (χ0v) is 13.5. The van der Waals surface area contributed by atoms with Gasteiger partial charge in [-0.3, -0.25) is 0 Å². The quantitative estimate of drug-likeness (QED) is 0.658. The Morgan fingerprint density at radius 2 is 2.00 bits per heavy atom. The SMILES string of the molecule is CC#C[C@@H]1/C(=N/NS(=O)(=O)c2ccc(C)cc2)CCC[C@@H]1O. The monoisotopic (exact) mass is 320 g/mol. The molecule has 2 atom stereocenters. The Kier molecular flexibility index (Phi) is 5.22. The maximum absolute atomic E-state index is 12.2. The van der Waals surface area contributed by atoms with Crippen molar-refractivity contribution in [1.82, 2.24) is 4.83 Å². The van der Waals surface area contributed by atoms with Crippen molar-refractivity contribution in [2.75, 3.05) is 0 Å². The van der Waals surface area contributed by atoms with E-state index in [1.165, 1.54) is 12.1 Å². The van der Waals surface area contributed by atoms with Gasteiger partial charge < -0.3 is 5.11 Å². The molecule has 0 heterocycles. The van der Waals surface area contributed by atoms with Gasteiger partial charge in [-0.2, -0.15) is 13.5 Å². The molecule has 22 heavy (non-hydrogen) atoms. The molecule has 0 aliphatic heterocycles. The van der Waals surface area contributed by atoms with Gasteiger partial charge in [-0.1, -0.05) is 23.6 Å². The van der Waals surface area contributed by atoms with Crippen molar-refractivity contribution < 1.29 is 13.5 Å². The number of benzene rings is 1. The molecule has 5 nitrogen and oxygen atoms in total. The van der Waals surface area contributed by atoms with Gasteiger partial charge in [0, 0.05) is 0 Å². The Morgan fingerprint density at radius 1 is 1.32 bits per heavy atom. The summed E-state index contributed by atoms with van der Waals surface area (Å²) in [6.07, 6.45) is 1.47. The summed E-state index contributed by atoms with van der Waals surface area (Å²) in [7, 11) is -3.70. The molecule has 1 saturated carbocycles. The number of hydrogen-bond donors (Lipinski definition) is 2. The summed E-state index contributed by atoms with van der Waals surface area (Å²) in [6, 6.07) is 6.54. The summed E-state index contributed by atoms with van der Waals surface area (Å²) in [4.78, 5) is 2.42. The zero-order chi connectivity index (χ0) is 16.2. The van der Waals surface area contributed by atoms with E-state index in [0.717, 1.165) is 12.0 Å². The summed E-state index contributed by atoms with van der Waals surface area (Å²) in [5, 5.41) is 14.0. The number of nitrogens with one attached hydrogen (secondary N) is 1. The van der Waals surface area contributed by atoms with Crippen LogP contribution in [0.5, 0.6) is 0 Å². The minimum atomic E-state index is -3.70. The molecule has 0 spiro atoms. The molecule has 0 unspecified atom stereocenters. The third-order valence-electron chi connectivity index (χ3n) is 3.62. The van der Waals surface area contributed by atoms with Crippen LogP contribution in [0.25, 0.3) is 0 Å². The first-order valence-corrected chi connectivity index (χ1v) is 8.67. The molecule has 6 heteroatoms. The fourth-order valence-electron chi connectivity index (χ4n) is 2.39. The van der Waals surface area contributed by atoms with E-state index in [1.54, 1.807) is 19.1 Å². The maximum Gasteiger partial charge on any atom is 0.276 e. The molecule has 0 aromatic heterocycles. The number of aliphatic hydroxyl groups excluding tert-OH is 1. The van der Waals surface area contributed by atoms with Gasteiger partial charge in [-0.05, 0) is 45.2 Å². The minimum absolute atomic E-state index is 0.164. The molecule has 2 rings (SSSR count). The van der Waals surface area contributed by atoms with Crippen LogP contribution >= 0.6 is 0 Å². The maximum atomic E-state index is 12.2. The van der Waals surface area contributed by atoms with E-state index in [4.69, 9.17) is 0 Å². The number of hydrazone groups is 1. The number of aliphatic hydroxyl groups is 1. The fourth-order valence-corrected chi connectivity index (χ4v) is 3.22. The van der Waals surface area contributed by atoms with Gasteiger partial charge >= 0.3 is 0 Å². The number of sulfonamides is 1. The third-order valence-corrected chi connectivity index (χ3v) is 4.84. The van der Waals surface area contributed by atoms with Gasteiger partial charge in [0.15, 0.2) is 0 Å². The Bertz CT molecular complexity index is 712. The molecule has 0 radical (unpaired) electrons. The predicted octanol–water partition coefficient (Wildman–Crippen LogP) is 1.81. The van der Waals surface area contributed by atoms with Gasteiger partial charge in [-0.15, -0.1) is 5.92 Å². The Balaban J connectivity index is 2.21. The highest BCUT2D eigenvalue weighted by molar-refractivity contribution is 7.89. The number of aryl methyl sites for hydroxylation is 1. The number of hydrogen-bond acceptors (Lipinski definition) is 4. The standard InChI is InChI=1S/C16H20N2O3S/c1-3-5-14-15(6-4-7-16(14)19)17-18-22(20,21)13-10-8-12(2)9-11-13/h8-11,14,16,18-19H,4,6-7H2,1-2H3/b17-15+/t14-,16+/m1/s1. The average Bonchev–Trinajstić information content (AvgIpc) is 2.48. The first-order chi connectivity index (χ1) is 10.4. The summed E-state index contributed by atoms with van der Waals surface area (Å²) in [5.41, 5.74) is 1.57. The molecule has 1 aromatic rings. The highest BCUT2D eigenvalue weighted by Gasteiger charge is 2.28. The van der Waals surface area contributed by atoms with E-state index in [2.05, 4.69) is 21.8 Å². The third kappa shape index (κ3) is 3.87. The molecule has 0 bridgehead atoms. The van der Waals surface area contributed by atoms with E-state index in [9.17, 15) is 13.5 Å². The molecule has 1 aromatic carbocycles. The number of nitrogens with zero attached hydrogens (tertiary/aromatic N) is 1. The lowest BCUT2D eigenvalue weighted by atomic mass is 9.85. The van der Waals surface area contributed by atoms with Crippen molar-refractivity contribution in [2.45, 2.75) is 44.1 Å². The van der Waals surface area contributed by atoms with Crippen LogP contribution in [0.4, 0.5) is 0 Å². The minimum Gasteiger partial charge on any atom is -0.391 e. The van der Waals surface area contributed by atoms with Crippen LogP contribution in [0.1, 0.15) is 31.7 Å². The highest BCUT2D eigenvalue weighted by atomic mass is 32.2. The van der Waals surface area contributed by atoms with Crippen LogP contribution < -0.4 is 4.83 Å². The molecule has 1 fully saturated rings. The van der Waals surface area contributed by atoms with E-state index < -0.39 is 22.0 Å². The van der Waals surface area contributed by atoms with Crippen LogP contribution in [0.15, 0.2) is 34.3 Å². The van der Waals surface area contributed by atoms with E-state index in [1.807, 2.05) is 6.92 Å². The van der Waals surface area contributed by atoms with Crippen molar-refractivity contribution >= 4 is 15.7 Å². The van der Waals surface area contributed by atoms with E-state index in [0.29, 0.717) is 18.6 Å². The second-order valence-electron chi connectivity index (χ2n) is 5.34. The topological polar surface area (TPSA) is 78.8 Å². The van der Waals surface area contributed by atoms with Crippen molar-refractivity contribution in [3.05, 3.63) is 29.8 Å². The number of rotatable bonds is 3. The summed E-state index contributed by atoms with van der Waals surface area (Å²) in [5.74, 6) is 5.26. The van der Waals surface area contributed by atoms with Crippen molar-refractivity contribution in [1.29, 1.82) is 0 Å². The molecule has 0 amide bonds. The largest absolute Gasteiger partial charge is 0.391 e. The molecule has 118 valence electrons. The second kappa shape index (κ2) is 6.95. The van der Waals surface area contributed by atoms with Gasteiger partial charge in [0.05, 0.1) is 22.6 Å². The molecule has 1 aliphatic rings. The van der Waals surface area contributed by atoms with Gasteiger partial charge in [0.2, 0.25) is 0 Å². The Hall–Kier alpha value is -1.84. The first kappa shape index (κ1) is 16.5. The second-order valence-corrected chi connectivity index (χ2v) is 7.00. The molecule has 2 N–H and O–H groups in total. The zero-order valence-electron chi connectivity index (χ0n) is 12.7. The van der Waals surface area contributed by atoms with Crippen LogP contribution in [-0.2, 0) is 10.0 Å². The fraction of sp³-hybridized carbons (Fsp3) is 0.438. The predicted molar refractivity (Wildman–Crippen MR) is 85.7 cm³/mol. The Morgan fingerprint density at radius 3 is 2.64 bits per heavy atom. The van der Waals surface area contributed by atoms with E-state index in [-0.39, 0.29) is 4.90 Å². The van der Waals surface area contributed by atoms with Crippen LogP contribution in [0.3, 0.4) is 0 Å². The molecule has 0 saturated heterocycles. The smallest absolute Gasteiger partial charge is 0.276 e. The molecular weight excluding hydrogens is 300 g/mol. The first-order valence-electron chi connectivity index (χ1n) is 7.19. The van der Waals surface area contributed by atoms with Gasteiger partial charge in [0.25, 0.3) is 10.0 Å². The van der Waals surface area contributed by atoms with Crippen molar-refractivity contribution in [3.63, 3.8) is 0 Å². The summed E-state index contributed by atoms with van der Waals surface area (Å²) in [6.45, 7) is 3.58. The van der Waals surface area contributed by atoms with Gasteiger partial charge in [0.1, 0.15) is 0 Å². The van der Waals surface area contributed by atoms with Crippen molar-refractivity contribution in [2.24, 2.45) is 11.0 Å².